The van der Waals surface area contributed by atoms with E-state index in [1.165, 1.54) is 12.1 Å². The van der Waals surface area contributed by atoms with E-state index in [2.05, 4.69) is 14.9 Å². The minimum Gasteiger partial charge on any atom is -0.368 e. The highest BCUT2D eigenvalue weighted by molar-refractivity contribution is 5.78. The van der Waals surface area contributed by atoms with E-state index in [-0.39, 0.29) is 17.8 Å². The number of carbonyl (C=O) groups excluding carboxylic acids is 1. The highest BCUT2D eigenvalue weighted by Crippen LogP contribution is 2.35. The third-order valence-corrected chi connectivity index (χ3v) is 6.08. The molecule has 6 nitrogen and oxygen atoms in total. The first-order valence-electron chi connectivity index (χ1n) is 10.6. The molecule has 0 unspecified atom stereocenters. The van der Waals surface area contributed by atoms with Crippen LogP contribution in [0.4, 0.5) is 19.1 Å². The van der Waals surface area contributed by atoms with Crippen molar-refractivity contribution in [3.8, 4) is 11.1 Å². The molecule has 4 rings (SSSR count). The summed E-state index contributed by atoms with van der Waals surface area (Å²) in [5.74, 6) is 0.190. The van der Waals surface area contributed by atoms with Gasteiger partial charge in [0.1, 0.15) is 0 Å². The van der Waals surface area contributed by atoms with E-state index in [0.717, 1.165) is 50.9 Å². The van der Waals surface area contributed by atoms with Gasteiger partial charge >= 0.3 is 6.18 Å². The van der Waals surface area contributed by atoms with Crippen molar-refractivity contribution in [3.63, 3.8) is 0 Å². The van der Waals surface area contributed by atoms with E-state index in [9.17, 15) is 18.0 Å². The summed E-state index contributed by atoms with van der Waals surface area (Å²) in [6.45, 7) is 3.59. The van der Waals surface area contributed by atoms with E-state index in [1.807, 2.05) is 4.90 Å². The average Bonchev–Trinajstić information content (AvgIpc) is 3.26. The fourth-order valence-electron chi connectivity index (χ4n) is 4.44. The Morgan fingerprint density at radius 3 is 2.48 bits per heavy atom. The lowest BCUT2D eigenvalue weighted by Gasteiger charge is -2.34. The predicted octanol–water partition coefficient (Wildman–Crippen LogP) is 3.55. The number of aromatic nitrogens is 2. The molecule has 31 heavy (non-hydrogen) atoms. The van der Waals surface area contributed by atoms with Crippen LogP contribution >= 0.6 is 0 Å². The number of amides is 1. The minimum atomic E-state index is -4.39. The molecule has 2 saturated heterocycles. The Labute approximate surface area is 179 Å². The average molecular weight is 433 g/mol. The monoisotopic (exact) mass is 433 g/mol. The van der Waals surface area contributed by atoms with Crippen molar-refractivity contribution >= 4 is 11.9 Å². The van der Waals surface area contributed by atoms with Crippen LogP contribution < -0.4 is 5.73 Å². The zero-order chi connectivity index (χ0) is 22.0. The van der Waals surface area contributed by atoms with Crippen LogP contribution in [-0.2, 0) is 11.0 Å². The van der Waals surface area contributed by atoms with Crippen LogP contribution in [0, 0.1) is 0 Å². The molecule has 0 bridgehead atoms. The predicted molar refractivity (Wildman–Crippen MR) is 111 cm³/mol. The summed E-state index contributed by atoms with van der Waals surface area (Å²) >= 11 is 0. The molecule has 1 amide bonds. The number of nitrogens with zero attached hydrogens (tertiary/aromatic N) is 4. The topological polar surface area (TPSA) is 75.3 Å². The molecule has 2 fully saturated rings. The van der Waals surface area contributed by atoms with Gasteiger partial charge in [-0.2, -0.15) is 13.2 Å². The zero-order valence-corrected chi connectivity index (χ0v) is 17.2. The third kappa shape index (κ3) is 4.98. The van der Waals surface area contributed by atoms with Gasteiger partial charge in [-0.05, 0) is 56.5 Å². The first-order valence-corrected chi connectivity index (χ1v) is 10.6. The molecular weight excluding hydrogens is 407 g/mol. The normalized spacial score (nSPS) is 20.2. The van der Waals surface area contributed by atoms with E-state index < -0.39 is 11.7 Å². The van der Waals surface area contributed by atoms with Gasteiger partial charge in [-0.3, -0.25) is 9.69 Å². The van der Waals surface area contributed by atoms with Gasteiger partial charge in [-0.25, -0.2) is 9.97 Å². The molecule has 1 aromatic heterocycles. The van der Waals surface area contributed by atoms with Gasteiger partial charge in [0.05, 0.1) is 17.8 Å². The van der Waals surface area contributed by atoms with Gasteiger partial charge in [0, 0.05) is 30.8 Å². The number of anilines is 1. The number of nitrogen functional groups attached to an aromatic ring is 1. The van der Waals surface area contributed by atoms with Crippen LogP contribution in [0.5, 0.6) is 0 Å². The number of benzene rings is 1. The molecule has 1 atom stereocenters. The van der Waals surface area contributed by atoms with E-state index in [4.69, 9.17) is 5.73 Å². The Morgan fingerprint density at radius 2 is 1.81 bits per heavy atom. The Morgan fingerprint density at radius 1 is 1.10 bits per heavy atom. The van der Waals surface area contributed by atoms with Gasteiger partial charge in [0.25, 0.3) is 0 Å². The van der Waals surface area contributed by atoms with Crippen molar-refractivity contribution < 1.29 is 18.0 Å². The summed E-state index contributed by atoms with van der Waals surface area (Å²) < 4.78 is 38.8. The number of hydrogen-bond acceptors (Lipinski definition) is 5. The Hall–Kier alpha value is -2.68. The molecule has 0 saturated carbocycles. The van der Waals surface area contributed by atoms with Gasteiger partial charge < -0.3 is 10.6 Å². The second-order valence-electron chi connectivity index (χ2n) is 8.26. The molecule has 0 radical (unpaired) electrons. The molecule has 0 aliphatic carbocycles. The lowest BCUT2D eigenvalue weighted by molar-refractivity contribution is -0.137. The molecule has 0 spiro atoms. The quantitative estimate of drug-likeness (QED) is 0.798. The lowest BCUT2D eigenvalue weighted by Crippen LogP contribution is -2.44. The van der Waals surface area contributed by atoms with Crippen LogP contribution in [0.2, 0.25) is 0 Å². The number of alkyl halides is 3. The maximum Gasteiger partial charge on any atom is 0.416 e. The number of piperidine rings is 1. The molecule has 2 N–H and O–H groups in total. The maximum absolute atomic E-state index is 12.9. The summed E-state index contributed by atoms with van der Waals surface area (Å²) in [6, 6.07) is 4.98. The van der Waals surface area contributed by atoms with Crippen molar-refractivity contribution in [3.05, 3.63) is 41.7 Å². The maximum atomic E-state index is 12.9. The highest BCUT2D eigenvalue weighted by Gasteiger charge is 2.31. The smallest absolute Gasteiger partial charge is 0.368 e. The van der Waals surface area contributed by atoms with Gasteiger partial charge in [-0.15, -0.1) is 0 Å². The minimum absolute atomic E-state index is 0.0427. The fourth-order valence-corrected chi connectivity index (χ4v) is 4.44. The largest absolute Gasteiger partial charge is 0.416 e. The Balaban J connectivity index is 1.56. The van der Waals surface area contributed by atoms with Crippen molar-refractivity contribution in [1.29, 1.82) is 0 Å². The molecule has 2 aromatic rings. The molecule has 3 heterocycles. The molecule has 2 aliphatic rings. The Kier molecular flexibility index (Phi) is 6.13. The number of nitrogens with two attached hydrogens (primary N) is 1. The summed E-state index contributed by atoms with van der Waals surface area (Å²) in [7, 11) is 0. The summed E-state index contributed by atoms with van der Waals surface area (Å²) in [6.07, 6.45) is 1.10. The molecule has 1 aromatic carbocycles. The zero-order valence-electron chi connectivity index (χ0n) is 17.2. The first kappa shape index (κ1) is 21.5. The molecule has 166 valence electrons. The van der Waals surface area contributed by atoms with E-state index in [1.54, 1.807) is 6.20 Å². The molecular formula is C22H26F3N5O. The number of carbonyl (C=O) groups is 1. The van der Waals surface area contributed by atoms with Gasteiger partial charge in [0.2, 0.25) is 11.9 Å². The third-order valence-electron chi connectivity index (χ3n) is 6.08. The summed E-state index contributed by atoms with van der Waals surface area (Å²) in [5.41, 5.74) is 7.08. The second kappa shape index (κ2) is 8.82. The van der Waals surface area contributed by atoms with Crippen molar-refractivity contribution in [2.45, 2.75) is 37.8 Å². The van der Waals surface area contributed by atoms with Crippen LogP contribution in [0.15, 0.2) is 30.5 Å². The summed E-state index contributed by atoms with van der Waals surface area (Å²) in [4.78, 5) is 25.4. The summed E-state index contributed by atoms with van der Waals surface area (Å²) in [5, 5.41) is 0. The first-order chi connectivity index (χ1) is 14.8. The van der Waals surface area contributed by atoms with Crippen LogP contribution in [0.25, 0.3) is 11.1 Å². The number of hydrogen-bond donors (Lipinski definition) is 1. The van der Waals surface area contributed by atoms with Crippen molar-refractivity contribution in [1.82, 2.24) is 19.8 Å². The lowest BCUT2D eigenvalue weighted by atomic mass is 9.89. The SMILES string of the molecule is Nc1ncc(-c2ccc(C(F)(F)F)cc2)c([C@H]2CCCN(C(=O)CN3CCCC3)C2)n1. The van der Waals surface area contributed by atoms with Gasteiger partial charge in [0.15, 0.2) is 0 Å². The second-order valence-corrected chi connectivity index (χ2v) is 8.26. The van der Waals surface area contributed by atoms with Crippen LogP contribution in [-0.4, -0.2) is 58.4 Å². The number of likely N-dealkylation sites (tertiary alicyclic amines) is 2. The number of rotatable bonds is 4. The molecule has 2 aliphatic heterocycles. The van der Waals surface area contributed by atoms with Crippen molar-refractivity contribution in [2.75, 3.05) is 38.5 Å². The Bertz CT molecular complexity index is 926. The van der Waals surface area contributed by atoms with E-state index in [0.29, 0.717) is 36.5 Å². The van der Waals surface area contributed by atoms with E-state index >= 15 is 0 Å². The highest BCUT2D eigenvalue weighted by atomic mass is 19.4. The molecule has 9 heteroatoms. The fraction of sp³-hybridized carbons (Fsp3) is 0.500. The standard InChI is InChI=1S/C22H26F3N5O/c23-22(24,25)17-7-5-15(6-8-17)18-12-27-21(26)28-20(18)16-4-3-11-30(13-16)19(31)14-29-9-1-2-10-29/h5-8,12,16H,1-4,9-11,13-14H2,(H2,26,27,28)/t16-/m0/s1. The van der Waals surface area contributed by atoms with Crippen molar-refractivity contribution in [2.24, 2.45) is 0 Å². The van der Waals surface area contributed by atoms with Crippen LogP contribution in [0.3, 0.4) is 0 Å². The van der Waals surface area contributed by atoms with Gasteiger partial charge in [-0.1, -0.05) is 12.1 Å². The van der Waals surface area contributed by atoms with Crippen LogP contribution in [0.1, 0.15) is 42.9 Å². The number of halogens is 3.